The number of anilines is 1. The van der Waals surface area contributed by atoms with Gasteiger partial charge >= 0.3 is 0 Å². The highest BCUT2D eigenvalue weighted by molar-refractivity contribution is 6.28. The highest BCUT2D eigenvalue weighted by Crippen LogP contribution is 2.68. The Bertz CT molecular complexity index is 2010. The van der Waals surface area contributed by atoms with Gasteiger partial charge in [-0.05, 0) is 111 Å². The standard InChI is InChI=1S/C38H44ClN9O3/c1-40-35(51)38-18-28(38)30(31(49)32(38)50)47-21-42-29-33(43-36(39)44-34(29)47)41-19-23-9-6-8-22(11-23)7-4-2-3-5-10-27-20-48(46-45-27)37-15-24-12-25(16-37)14-26(13-24)17-37/h6,8-9,11,20-21,24-26,28,30-32,49-50H,2-3,5,10,12-19H2,1H3,(H,40,51)(H,41,43,44)/t24?,25?,26?,28-,30-,31+,32+,37?,38+/m1/s1. The van der Waals surface area contributed by atoms with Crippen LogP contribution < -0.4 is 10.6 Å². The molecule has 6 saturated carbocycles. The SMILES string of the molecule is CNC(=O)[C@@]12C[C@@H]1[C@@H](n1cnc3c(NCc4cccc(C#CCCCCc5cn(C67CC8CC(CC(C8)C6)C7)nn5)c4)nc(Cl)nc31)[C@H](O)[C@@H]2O. The van der Waals surface area contributed by atoms with E-state index in [2.05, 4.69) is 64.7 Å². The molecule has 0 saturated heterocycles. The number of amides is 1. The van der Waals surface area contributed by atoms with E-state index in [9.17, 15) is 15.0 Å². The molecular weight excluding hydrogens is 666 g/mol. The average molecular weight is 710 g/mol. The zero-order valence-corrected chi connectivity index (χ0v) is 29.6. The van der Waals surface area contributed by atoms with Crippen molar-refractivity contribution in [2.24, 2.45) is 29.1 Å². The maximum absolute atomic E-state index is 12.6. The minimum absolute atomic E-state index is 0.0278. The highest BCUT2D eigenvalue weighted by atomic mass is 35.5. The topological polar surface area (TPSA) is 156 Å². The molecule has 3 aromatic heterocycles. The number of nitrogens with zero attached hydrogens (tertiary/aromatic N) is 7. The van der Waals surface area contributed by atoms with Crippen LogP contribution in [0.2, 0.25) is 5.28 Å². The van der Waals surface area contributed by atoms with Crippen molar-refractivity contribution in [2.45, 2.75) is 101 Å². The van der Waals surface area contributed by atoms with Crippen LogP contribution in [0.5, 0.6) is 0 Å². The first-order chi connectivity index (χ1) is 24.8. The van der Waals surface area contributed by atoms with Gasteiger partial charge < -0.3 is 25.4 Å². The molecule has 13 heteroatoms. The van der Waals surface area contributed by atoms with Crippen LogP contribution in [0.4, 0.5) is 5.82 Å². The summed E-state index contributed by atoms with van der Waals surface area (Å²) in [6.07, 6.45) is 14.0. The van der Waals surface area contributed by atoms with Crippen LogP contribution in [0.15, 0.2) is 36.8 Å². The normalized spacial score (nSPS) is 32.8. The molecular formula is C38H44ClN9O3. The summed E-state index contributed by atoms with van der Waals surface area (Å²) in [5, 5.41) is 37.0. The van der Waals surface area contributed by atoms with E-state index in [1.807, 2.05) is 18.2 Å². The molecule has 6 aliphatic rings. The van der Waals surface area contributed by atoms with Gasteiger partial charge in [-0.1, -0.05) is 29.2 Å². The third kappa shape index (κ3) is 5.60. The summed E-state index contributed by atoms with van der Waals surface area (Å²) in [4.78, 5) is 26.0. The fourth-order valence-electron chi connectivity index (χ4n) is 10.6. The molecule has 10 rings (SSSR count). The van der Waals surface area contributed by atoms with E-state index < -0.39 is 23.7 Å². The fourth-order valence-corrected chi connectivity index (χ4v) is 10.8. The van der Waals surface area contributed by atoms with Gasteiger partial charge in [0.25, 0.3) is 0 Å². The fraction of sp³-hybridized carbons (Fsp3) is 0.579. The average Bonchev–Trinajstić information content (AvgIpc) is 3.34. The molecule has 0 spiro atoms. The number of aryl methyl sites for hydroxylation is 1. The van der Waals surface area contributed by atoms with Gasteiger partial charge in [0.05, 0.1) is 35.1 Å². The van der Waals surface area contributed by atoms with Crippen LogP contribution in [-0.2, 0) is 23.3 Å². The molecule has 3 heterocycles. The molecule has 51 heavy (non-hydrogen) atoms. The number of benzene rings is 1. The van der Waals surface area contributed by atoms with Crippen molar-refractivity contribution in [3.63, 3.8) is 0 Å². The minimum Gasteiger partial charge on any atom is -0.389 e. The van der Waals surface area contributed by atoms with E-state index in [1.54, 1.807) is 10.9 Å². The number of carbonyl (C=O) groups excluding carboxylic acids is 1. The number of hydrogen-bond donors (Lipinski definition) is 4. The van der Waals surface area contributed by atoms with Crippen molar-refractivity contribution in [3.8, 4) is 11.8 Å². The molecule has 0 radical (unpaired) electrons. The number of aromatic nitrogens is 7. The number of rotatable bonds is 10. The maximum Gasteiger partial charge on any atom is 0.229 e. The van der Waals surface area contributed by atoms with Crippen LogP contribution in [0.3, 0.4) is 0 Å². The van der Waals surface area contributed by atoms with Gasteiger partial charge in [-0.2, -0.15) is 9.97 Å². The van der Waals surface area contributed by atoms with Gasteiger partial charge in [0.1, 0.15) is 6.10 Å². The third-order valence-electron chi connectivity index (χ3n) is 12.7. The van der Waals surface area contributed by atoms with Crippen LogP contribution in [0.25, 0.3) is 11.2 Å². The number of carbonyl (C=O) groups is 1. The number of imidazole rings is 1. The number of halogens is 1. The lowest BCUT2D eigenvalue weighted by Crippen LogP contribution is -2.52. The number of unbranched alkanes of at least 4 members (excludes halogenated alkanes) is 2. The maximum atomic E-state index is 12.6. The summed E-state index contributed by atoms with van der Waals surface area (Å²) in [7, 11) is 1.54. The van der Waals surface area contributed by atoms with E-state index in [0.29, 0.717) is 29.9 Å². The van der Waals surface area contributed by atoms with Crippen LogP contribution in [0.1, 0.15) is 87.1 Å². The lowest BCUT2D eigenvalue weighted by Gasteiger charge is -2.56. The van der Waals surface area contributed by atoms with Gasteiger partial charge in [-0.3, -0.25) is 4.79 Å². The van der Waals surface area contributed by atoms with Gasteiger partial charge in [-0.15, -0.1) is 5.10 Å². The molecule has 0 aliphatic heterocycles. The number of aliphatic hydroxyl groups is 2. The van der Waals surface area contributed by atoms with Crippen molar-refractivity contribution < 1.29 is 15.0 Å². The molecule has 1 amide bonds. The van der Waals surface area contributed by atoms with Crippen molar-refractivity contribution in [3.05, 3.63) is 58.9 Å². The van der Waals surface area contributed by atoms with Crippen LogP contribution >= 0.6 is 11.6 Å². The lowest BCUT2D eigenvalue weighted by atomic mass is 9.53. The first-order valence-corrected chi connectivity index (χ1v) is 18.9. The second kappa shape index (κ2) is 12.6. The van der Waals surface area contributed by atoms with Crippen molar-refractivity contribution in [1.82, 2.24) is 39.8 Å². The molecule has 0 unspecified atom stereocenters. The van der Waals surface area contributed by atoms with Crippen LogP contribution in [0, 0.1) is 40.9 Å². The van der Waals surface area contributed by atoms with Gasteiger partial charge in [-0.25, -0.2) is 9.67 Å². The summed E-state index contributed by atoms with van der Waals surface area (Å²) in [6.45, 7) is 0.460. The van der Waals surface area contributed by atoms with E-state index in [0.717, 1.165) is 60.3 Å². The molecule has 266 valence electrons. The van der Waals surface area contributed by atoms with E-state index in [4.69, 9.17) is 11.6 Å². The number of hydrogen-bond acceptors (Lipinski definition) is 9. The molecule has 5 atom stereocenters. The zero-order valence-electron chi connectivity index (χ0n) is 28.8. The minimum atomic E-state index is -1.18. The summed E-state index contributed by atoms with van der Waals surface area (Å²) in [5.74, 6) is 9.30. The van der Waals surface area contributed by atoms with Crippen molar-refractivity contribution in [2.75, 3.05) is 12.4 Å². The molecule has 12 nitrogen and oxygen atoms in total. The van der Waals surface area contributed by atoms with Gasteiger partial charge in [0.15, 0.2) is 17.0 Å². The molecule has 6 fully saturated rings. The summed E-state index contributed by atoms with van der Waals surface area (Å²) >= 11 is 6.36. The Kier molecular flexibility index (Phi) is 8.09. The first-order valence-electron chi connectivity index (χ1n) is 18.5. The van der Waals surface area contributed by atoms with Crippen molar-refractivity contribution in [1.29, 1.82) is 0 Å². The Hall–Kier alpha value is -4.05. The highest BCUT2D eigenvalue weighted by Gasteiger charge is 2.75. The smallest absolute Gasteiger partial charge is 0.229 e. The van der Waals surface area contributed by atoms with Gasteiger partial charge in [0.2, 0.25) is 11.2 Å². The molecule has 4 aromatic rings. The number of nitrogens with one attached hydrogen (secondary N) is 2. The zero-order chi connectivity index (χ0) is 34.9. The Morgan fingerprint density at radius 1 is 1.08 bits per heavy atom. The Labute approximate surface area is 301 Å². The van der Waals surface area contributed by atoms with E-state index in [1.165, 1.54) is 45.6 Å². The van der Waals surface area contributed by atoms with E-state index in [-0.39, 0.29) is 22.6 Å². The quantitative estimate of drug-likeness (QED) is 0.107. The lowest BCUT2D eigenvalue weighted by molar-refractivity contribution is -0.132. The number of fused-ring (bicyclic) bond motifs is 2. The second-order valence-corrected chi connectivity index (χ2v) is 16.2. The van der Waals surface area contributed by atoms with Gasteiger partial charge in [0, 0.05) is 37.7 Å². The van der Waals surface area contributed by atoms with Crippen LogP contribution in [-0.4, -0.2) is 69.9 Å². The van der Waals surface area contributed by atoms with E-state index >= 15 is 0 Å². The molecule has 4 bridgehead atoms. The third-order valence-corrected chi connectivity index (χ3v) is 12.8. The molecule has 6 aliphatic carbocycles. The van der Waals surface area contributed by atoms with Crippen molar-refractivity contribution >= 4 is 34.5 Å². The molecule has 1 aromatic carbocycles. The summed E-state index contributed by atoms with van der Waals surface area (Å²) < 4.78 is 3.97. The predicted octanol–water partition coefficient (Wildman–Crippen LogP) is 4.40. The Morgan fingerprint density at radius 2 is 1.86 bits per heavy atom. The largest absolute Gasteiger partial charge is 0.389 e. The summed E-state index contributed by atoms with van der Waals surface area (Å²) in [6, 6.07) is 7.52. The Morgan fingerprint density at radius 3 is 2.63 bits per heavy atom. The molecule has 4 N–H and O–H groups in total. The number of aliphatic hydroxyl groups excluding tert-OH is 2. The Balaban J connectivity index is 0.797. The first kappa shape index (κ1) is 32.8. The predicted molar refractivity (Wildman–Crippen MR) is 190 cm³/mol. The monoisotopic (exact) mass is 709 g/mol. The summed E-state index contributed by atoms with van der Waals surface area (Å²) in [5.41, 5.74) is 3.23. The second-order valence-electron chi connectivity index (χ2n) is 15.9.